The molecule has 0 spiro atoms. The lowest BCUT2D eigenvalue weighted by molar-refractivity contribution is -0.118. The summed E-state index contributed by atoms with van der Waals surface area (Å²) in [6.07, 6.45) is 0. The van der Waals surface area contributed by atoms with E-state index in [1.54, 1.807) is 30.3 Å². The van der Waals surface area contributed by atoms with Gasteiger partial charge in [-0.3, -0.25) is 4.79 Å². The van der Waals surface area contributed by atoms with Gasteiger partial charge in [0.2, 0.25) is 5.91 Å². The van der Waals surface area contributed by atoms with E-state index in [2.05, 4.69) is 0 Å². The number of sulfonamides is 1. The van der Waals surface area contributed by atoms with E-state index in [1.807, 2.05) is 0 Å². The van der Waals surface area contributed by atoms with Crippen molar-refractivity contribution in [1.29, 1.82) is 0 Å². The molecule has 1 aromatic carbocycles. The fourth-order valence-electron chi connectivity index (χ4n) is 1.32. The summed E-state index contributed by atoms with van der Waals surface area (Å²) in [7, 11) is -2.35. The fourth-order valence-corrected chi connectivity index (χ4v) is 1.88. The largest absolute Gasteiger partial charge is 0.350 e. The van der Waals surface area contributed by atoms with Crippen molar-refractivity contribution in [3.05, 3.63) is 30.3 Å². The number of nitrogens with zero attached hydrogens (tertiary/aromatic N) is 2. The number of para-hydroxylation sites is 1. The average Bonchev–Trinajstić information content (AvgIpc) is 2.38. The molecule has 0 bridgehead atoms. The SMILES string of the molecule is CN(C(=O)CN(C)S(=O)(=O)C(F)F)c1ccccc1. The molecular formula is C11H14F2N2O3S. The molecule has 0 aliphatic rings. The predicted molar refractivity (Wildman–Crippen MR) is 67.4 cm³/mol. The lowest BCUT2D eigenvalue weighted by Gasteiger charge is -2.21. The molecule has 0 atom stereocenters. The van der Waals surface area contributed by atoms with Crippen molar-refractivity contribution in [3.8, 4) is 0 Å². The molecule has 0 radical (unpaired) electrons. The highest BCUT2D eigenvalue weighted by Gasteiger charge is 2.31. The van der Waals surface area contributed by atoms with E-state index in [0.29, 0.717) is 9.99 Å². The predicted octanol–water partition coefficient (Wildman–Crippen LogP) is 1.13. The Kier molecular flexibility index (Phi) is 4.96. The molecule has 0 fully saturated rings. The van der Waals surface area contributed by atoms with Crippen LogP contribution >= 0.6 is 0 Å². The number of carbonyl (C=O) groups excluding carboxylic acids is 1. The van der Waals surface area contributed by atoms with Crippen LogP contribution in [0.4, 0.5) is 14.5 Å². The summed E-state index contributed by atoms with van der Waals surface area (Å²) < 4.78 is 47.2. The molecule has 0 aliphatic carbocycles. The number of alkyl halides is 2. The number of halogens is 2. The van der Waals surface area contributed by atoms with E-state index in [4.69, 9.17) is 0 Å². The first-order chi connectivity index (χ1) is 8.76. The van der Waals surface area contributed by atoms with Crippen molar-refractivity contribution >= 4 is 21.6 Å². The summed E-state index contributed by atoms with van der Waals surface area (Å²) in [5.74, 6) is -4.13. The molecule has 1 aromatic rings. The van der Waals surface area contributed by atoms with Crippen LogP contribution in [0.15, 0.2) is 30.3 Å². The van der Waals surface area contributed by atoms with E-state index >= 15 is 0 Å². The quantitative estimate of drug-likeness (QED) is 0.817. The Morgan fingerprint density at radius 3 is 2.21 bits per heavy atom. The van der Waals surface area contributed by atoms with Gasteiger partial charge in [0.25, 0.3) is 10.0 Å². The number of hydrogen-bond donors (Lipinski definition) is 0. The van der Waals surface area contributed by atoms with Gasteiger partial charge >= 0.3 is 5.76 Å². The fraction of sp³-hybridized carbons (Fsp3) is 0.364. The van der Waals surface area contributed by atoms with Gasteiger partial charge in [0, 0.05) is 19.8 Å². The smallest absolute Gasteiger partial charge is 0.314 e. The van der Waals surface area contributed by atoms with Crippen molar-refractivity contribution in [2.75, 3.05) is 25.5 Å². The number of amides is 1. The number of likely N-dealkylation sites (N-methyl/N-ethyl adjacent to an activating group) is 2. The van der Waals surface area contributed by atoms with Gasteiger partial charge in [-0.2, -0.15) is 13.1 Å². The van der Waals surface area contributed by atoms with Gasteiger partial charge in [-0.15, -0.1) is 0 Å². The van der Waals surface area contributed by atoms with Gasteiger partial charge in [0.05, 0.1) is 6.54 Å². The first-order valence-corrected chi connectivity index (χ1v) is 6.82. The first kappa shape index (κ1) is 15.5. The van der Waals surface area contributed by atoms with Gasteiger partial charge in [-0.05, 0) is 12.1 Å². The van der Waals surface area contributed by atoms with Crippen LogP contribution in [0, 0.1) is 0 Å². The molecule has 1 rings (SSSR count). The second-order valence-electron chi connectivity index (χ2n) is 3.85. The summed E-state index contributed by atoms with van der Waals surface area (Å²) in [6, 6.07) is 8.48. The third kappa shape index (κ3) is 3.71. The Balaban J connectivity index is 2.76. The van der Waals surface area contributed by atoms with E-state index in [0.717, 1.165) is 7.05 Å². The Morgan fingerprint density at radius 2 is 1.74 bits per heavy atom. The second kappa shape index (κ2) is 6.07. The minimum Gasteiger partial charge on any atom is -0.314 e. The van der Waals surface area contributed by atoms with Crippen molar-refractivity contribution < 1.29 is 22.0 Å². The van der Waals surface area contributed by atoms with Crippen molar-refractivity contribution in [3.63, 3.8) is 0 Å². The number of benzene rings is 1. The zero-order valence-electron chi connectivity index (χ0n) is 10.5. The summed E-state index contributed by atoms with van der Waals surface area (Å²) >= 11 is 0. The van der Waals surface area contributed by atoms with Crippen molar-refractivity contribution in [1.82, 2.24) is 4.31 Å². The van der Waals surface area contributed by atoms with Crippen molar-refractivity contribution in [2.24, 2.45) is 0 Å². The minimum absolute atomic E-state index is 0.347. The van der Waals surface area contributed by atoms with Gasteiger partial charge in [-0.25, -0.2) is 8.42 Å². The van der Waals surface area contributed by atoms with Crippen LogP contribution < -0.4 is 4.90 Å². The van der Waals surface area contributed by atoms with Crippen LogP contribution in [0.1, 0.15) is 0 Å². The summed E-state index contributed by atoms with van der Waals surface area (Å²) in [5.41, 5.74) is 0.551. The van der Waals surface area contributed by atoms with Crippen LogP contribution in [0.5, 0.6) is 0 Å². The monoisotopic (exact) mass is 292 g/mol. The molecule has 19 heavy (non-hydrogen) atoms. The maximum absolute atomic E-state index is 12.3. The third-order valence-corrected chi connectivity index (χ3v) is 3.98. The van der Waals surface area contributed by atoms with E-state index in [-0.39, 0.29) is 0 Å². The van der Waals surface area contributed by atoms with Gasteiger partial charge in [0.1, 0.15) is 0 Å². The highest BCUT2D eigenvalue weighted by atomic mass is 32.2. The summed E-state index contributed by atoms with van der Waals surface area (Å²) in [5, 5.41) is 0. The molecule has 0 unspecified atom stereocenters. The normalized spacial score (nSPS) is 11.9. The number of rotatable bonds is 5. The van der Waals surface area contributed by atoms with Gasteiger partial charge in [-0.1, -0.05) is 18.2 Å². The molecular weight excluding hydrogens is 278 g/mol. The molecule has 0 heterocycles. The zero-order valence-corrected chi connectivity index (χ0v) is 11.3. The average molecular weight is 292 g/mol. The molecule has 0 saturated carbocycles. The molecule has 1 amide bonds. The topological polar surface area (TPSA) is 57.7 Å². The molecule has 0 N–H and O–H groups in total. The highest BCUT2D eigenvalue weighted by molar-refractivity contribution is 7.89. The van der Waals surface area contributed by atoms with Crippen LogP contribution in [0.25, 0.3) is 0 Å². The third-order valence-electron chi connectivity index (χ3n) is 2.54. The van der Waals surface area contributed by atoms with Crippen LogP contribution in [0.2, 0.25) is 0 Å². The van der Waals surface area contributed by atoms with Gasteiger partial charge in [0.15, 0.2) is 0 Å². The van der Waals surface area contributed by atoms with E-state index in [1.165, 1.54) is 11.9 Å². The molecule has 0 aromatic heterocycles. The van der Waals surface area contributed by atoms with Crippen LogP contribution in [-0.2, 0) is 14.8 Å². The molecule has 0 saturated heterocycles. The highest BCUT2D eigenvalue weighted by Crippen LogP contribution is 2.13. The number of hydrogen-bond acceptors (Lipinski definition) is 3. The van der Waals surface area contributed by atoms with Crippen molar-refractivity contribution in [2.45, 2.75) is 5.76 Å². The zero-order chi connectivity index (χ0) is 14.6. The second-order valence-corrected chi connectivity index (χ2v) is 5.86. The molecule has 0 aliphatic heterocycles. The van der Waals surface area contributed by atoms with Crippen LogP contribution in [-0.4, -0.2) is 45.0 Å². The maximum Gasteiger partial charge on any atom is 0.350 e. The standard InChI is InChI=1S/C11H14F2N2O3S/c1-14(19(17,18)11(12)13)8-10(16)15(2)9-6-4-3-5-7-9/h3-7,11H,8H2,1-2H3. The lowest BCUT2D eigenvalue weighted by Crippen LogP contribution is -2.41. The van der Waals surface area contributed by atoms with Crippen LogP contribution in [0.3, 0.4) is 0 Å². The Bertz CT molecular complexity index is 534. The molecule has 5 nitrogen and oxygen atoms in total. The Hall–Kier alpha value is -1.54. The molecule has 106 valence electrons. The first-order valence-electron chi connectivity index (χ1n) is 5.31. The van der Waals surface area contributed by atoms with E-state index in [9.17, 15) is 22.0 Å². The number of carbonyl (C=O) groups is 1. The Morgan fingerprint density at radius 1 is 1.21 bits per heavy atom. The maximum atomic E-state index is 12.3. The summed E-state index contributed by atoms with van der Waals surface area (Å²) in [4.78, 5) is 13.0. The number of anilines is 1. The lowest BCUT2D eigenvalue weighted by atomic mass is 10.3. The van der Waals surface area contributed by atoms with Gasteiger partial charge < -0.3 is 4.90 Å². The molecule has 8 heteroatoms. The van der Waals surface area contributed by atoms with E-state index < -0.39 is 28.2 Å². The Labute approximate surface area is 110 Å². The summed E-state index contributed by atoms with van der Waals surface area (Å²) in [6.45, 7) is -0.641. The minimum atomic E-state index is -4.74.